The molecule has 5 heteroatoms. The fourth-order valence-corrected chi connectivity index (χ4v) is 2.69. The Morgan fingerprint density at radius 1 is 1.61 bits per heavy atom. The Bertz CT molecular complexity index is 379. The van der Waals surface area contributed by atoms with Gasteiger partial charge in [0.1, 0.15) is 0 Å². The smallest absolute Gasteiger partial charge is 0.0747 e. The number of aromatic nitrogens is 2. The summed E-state index contributed by atoms with van der Waals surface area (Å²) < 4.78 is 7.76. The molecule has 3 unspecified atom stereocenters. The minimum atomic E-state index is 0.270. The molecule has 18 heavy (non-hydrogen) atoms. The molecule has 0 radical (unpaired) electrons. The van der Waals surface area contributed by atoms with Gasteiger partial charge in [-0.2, -0.15) is 5.10 Å². The fraction of sp³-hybridized carbons (Fsp3) is 0.769. The van der Waals surface area contributed by atoms with E-state index in [1.807, 2.05) is 24.1 Å². The predicted molar refractivity (Wildman–Crippen MR) is 71.1 cm³/mol. The molecule has 5 nitrogen and oxygen atoms in total. The molecule has 0 spiro atoms. The normalized spacial score (nSPS) is 25.8. The van der Waals surface area contributed by atoms with Crippen molar-refractivity contribution in [2.45, 2.75) is 44.6 Å². The Balaban J connectivity index is 1.95. The molecule has 1 aromatic heterocycles. The summed E-state index contributed by atoms with van der Waals surface area (Å²) in [6.07, 6.45) is 6.84. The van der Waals surface area contributed by atoms with Gasteiger partial charge in [0.15, 0.2) is 0 Å². The van der Waals surface area contributed by atoms with Crippen LogP contribution in [0.1, 0.15) is 25.3 Å². The lowest BCUT2D eigenvalue weighted by Gasteiger charge is -2.31. The average Bonchev–Trinajstić information content (AvgIpc) is 2.89. The monoisotopic (exact) mass is 252 g/mol. The number of hydrogen-bond donors (Lipinski definition) is 1. The molecule has 0 saturated carbocycles. The van der Waals surface area contributed by atoms with Crippen LogP contribution in [0.25, 0.3) is 0 Å². The summed E-state index contributed by atoms with van der Waals surface area (Å²) in [4.78, 5) is 2.28. The summed E-state index contributed by atoms with van der Waals surface area (Å²) in [6, 6.07) is 0.287. The number of nitrogens with two attached hydrogens (primary N) is 1. The summed E-state index contributed by atoms with van der Waals surface area (Å²) in [6.45, 7) is 3.63. The van der Waals surface area contributed by atoms with Gasteiger partial charge in [0.05, 0.1) is 18.4 Å². The Labute approximate surface area is 109 Å². The third-order valence-corrected chi connectivity index (χ3v) is 3.69. The third kappa shape index (κ3) is 3.10. The molecule has 1 aliphatic heterocycles. The van der Waals surface area contributed by atoms with Crippen LogP contribution in [0.3, 0.4) is 0 Å². The summed E-state index contributed by atoms with van der Waals surface area (Å²) in [5.41, 5.74) is 7.13. The average molecular weight is 252 g/mol. The number of hydrogen-bond acceptors (Lipinski definition) is 4. The van der Waals surface area contributed by atoms with Crippen molar-refractivity contribution in [2.24, 2.45) is 12.8 Å². The van der Waals surface area contributed by atoms with Crippen molar-refractivity contribution in [1.29, 1.82) is 0 Å². The molecule has 2 N–H and O–H groups in total. The maximum Gasteiger partial charge on any atom is 0.0747 e. The van der Waals surface area contributed by atoms with Crippen molar-refractivity contribution in [1.82, 2.24) is 14.7 Å². The van der Waals surface area contributed by atoms with Crippen LogP contribution in [-0.2, 0) is 18.3 Å². The molecule has 2 rings (SSSR count). The molecular weight excluding hydrogens is 228 g/mol. The van der Waals surface area contributed by atoms with Gasteiger partial charge in [0.2, 0.25) is 0 Å². The molecule has 2 heterocycles. The molecule has 0 bridgehead atoms. The lowest BCUT2D eigenvalue weighted by molar-refractivity contribution is 0.000838. The van der Waals surface area contributed by atoms with Crippen molar-refractivity contribution in [3.8, 4) is 0 Å². The Kier molecular flexibility index (Phi) is 4.37. The molecule has 1 aromatic rings. The van der Waals surface area contributed by atoms with Gasteiger partial charge in [-0.3, -0.25) is 9.58 Å². The van der Waals surface area contributed by atoms with Crippen molar-refractivity contribution >= 4 is 0 Å². The minimum Gasteiger partial charge on any atom is -0.374 e. The molecule has 0 aliphatic carbocycles. The lowest BCUT2D eigenvalue weighted by Crippen LogP contribution is -2.46. The van der Waals surface area contributed by atoms with Gasteiger partial charge in [-0.25, -0.2) is 0 Å². The summed E-state index contributed by atoms with van der Waals surface area (Å²) in [5.74, 6) is 0. The van der Waals surface area contributed by atoms with Crippen LogP contribution >= 0.6 is 0 Å². The maximum absolute atomic E-state index is 5.94. The van der Waals surface area contributed by atoms with Gasteiger partial charge in [0, 0.05) is 37.9 Å². The highest BCUT2D eigenvalue weighted by Crippen LogP contribution is 2.24. The second kappa shape index (κ2) is 5.82. The zero-order valence-corrected chi connectivity index (χ0v) is 11.5. The maximum atomic E-state index is 5.94. The first kappa shape index (κ1) is 13.5. The van der Waals surface area contributed by atoms with Gasteiger partial charge in [0.25, 0.3) is 0 Å². The fourth-order valence-electron chi connectivity index (χ4n) is 2.69. The molecule has 1 aliphatic rings. The molecule has 0 amide bonds. The number of likely N-dealkylation sites (N-methyl/N-ethyl adjacent to an activating group) is 1. The molecule has 0 aromatic carbocycles. The lowest BCUT2D eigenvalue weighted by atomic mass is 10.1. The number of rotatable bonds is 5. The summed E-state index contributed by atoms with van der Waals surface area (Å²) in [7, 11) is 4.04. The van der Waals surface area contributed by atoms with Crippen molar-refractivity contribution in [3.63, 3.8) is 0 Å². The predicted octanol–water partition coefficient (Wildman–Crippen LogP) is 0.747. The molecular formula is C13H24N4O. The van der Waals surface area contributed by atoms with E-state index >= 15 is 0 Å². The van der Waals surface area contributed by atoms with E-state index < -0.39 is 0 Å². The largest absolute Gasteiger partial charge is 0.374 e. The van der Waals surface area contributed by atoms with E-state index in [2.05, 4.69) is 24.0 Å². The van der Waals surface area contributed by atoms with E-state index in [1.54, 1.807) is 0 Å². The van der Waals surface area contributed by atoms with Gasteiger partial charge in [-0.15, -0.1) is 0 Å². The van der Waals surface area contributed by atoms with E-state index in [0.29, 0.717) is 12.6 Å². The zero-order valence-electron chi connectivity index (χ0n) is 11.5. The second-order valence-electron chi connectivity index (χ2n) is 5.30. The quantitative estimate of drug-likeness (QED) is 0.840. The highest BCUT2D eigenvalue weighted by Gasteiger charge is 2.31. The van der Waals surface area contributed by atoms with Crippen LogP contribution in [0, 0.1) is 0 Å². The SMILES string of the molecule is CC1CCC(C(CN)N(C)Cc2cnn(C)c2)O1. The molecule has 1 fully saturated rings. The first-order valence-corrected chi connectivity index (χ1v) is 6.63. The van der Waals surface area contributed by atoms with Crippen LogP contribution in [0.5, 0.6) is 0 Å². The first-order chi connectivity index (χ1) is 8.60. The highest BCUT2D eigenvalue weighted by molar-refractivity contribution is 5.04. The van der Waals surface area contributed by atoms with Crippen LogP contribution < -0.4 is 5.73 Å². The third-order valence-electron chi connectivity index (χ3n) is 3.69. The van der Waals surface area contributed by atoms with Gasteiger partial charge in [-0.1, -0.05) is 0 Å². The van der Waals surface area contributed by atoms with Crippen molar-refractivity contribution in [2.75, 3.05) is 13.6 Å². The van der Waals surface area contributed by atoms with Gasteiger partial charge >= 0.3 is 0 Å². The van der Waals surface area contributed by atoms with E-state index in [-0.39, 0.29) is 12.1 Å². The minimum absolute atomic E-state index is 0.270. The van der Waals surface area contributed by atoms with E-state index in [9.17, 15) is 0 Å². The number of ether oxygens (including phenoxy) is 1. The number of aryl methyl sites for hydroxylation is 1. The Morgan fingerprint density at radius 3 is 2.89 bits per heavy atom. The van der Waals surface area contributed by atoms with Gasteiger partial charge in [-0.05, 0) is 26.8 Å². The highest BCUT2D eigenvalue weighted by atomic mass is 16.5. The standard InChI is InChI=1S/C13H24N4O/c1-10-4-5-13(18-10)12(6-14)16(2)8-11-7-15-17(3)9-11/h7,9-10,12-13H,4-6,8,14H2,1-3H3. The van der Waals surface area contributed by atoms with Crippen LogP contribution in [0.4, 0.5) is 0 Å². The Hall–Kier alpha value is -0.910. The van der Waals surface area contributed by atoms with E-state index in [4.69, 9.17) is 10.5 Å². The van der Waals surface area contributed by atoms with Crippen LogP contribution in [0.2, 0.25) is 0 Å². The van der Waals surface area contributed by atoms with E-state index in [0.717, 1.165) is 19.4 Å². The Morgan fingerprint density at radius 2 is 2.39 bits per heavy atom. The van der Waals surface area contributed by atoms with Crippen molar-refractivity contribution in [3.05, 3.63) is 18.0 Å². The van der Waals surface area contributed by atoms with Crippen LogP contribution in [0.15, 0.2) is 12.4 Å². The summed E-state index contributed by atoms with van der Waals surface area (Å²) in [5, 5.41) is 4.19. The summed E-state index contributed by atoms with van der Waals surface area (Å²) >= 11 is 0. The molecule has 3 atom stereocenters. The second-order valence-corrected chi connectivity index (χ2v) is 5.30. The van der Waals surface area contributed by atoms with Crippen LogP contribution in [-0.4, -0.2) is 46.5 Å². The zero-order chi connectivity index (χ0) is 13.1. The van der Waals surface area contributed by atoms with Crippen molar-refractivity contribution < 1.29 is 4.74 Å². The molecule has 102 valence electrons. The topological polar surface area (TPSA) is 56.3 Å². The van der Waals surface area contributed by atoms with E-state index in [1.165, 1.54) is 5.56 Å². The molecule has 1 saturated heterocycles. The number of nitrogens with zero attached hydrogens (tertiary/aromatic N) is 3. The van der Waals surface area contributed by atoms with Gasteiger partial charge < -0.3 is 10.5 Å². The first-order valence-electron chi connectivity index (χ1n) is 6.63.